The fourth-order valence-electron chi connectivity index (χ4n) is 5.16. The first kappa shape index (κ1) is 19.5. The Kier molecular flexibility index (Phi) is 4.86. The summed E-state index contributed by atoms with van der Waals surface area (Å²) in [6.45, 7) is 3.98. The van der Waals surface area contributed by atoms with Crippen molar-refractivity contribution in [2.24, 2.45) is 11.5 Å². The molecule has 154 valence electrons. The summed E-state index contributed by atoms with van der Waals surface area (Å²) in [5.41, 5.74) is 13.2. The van der Waals surface area contributed by atoms with Crippen molar-refractivity contribution in [2.75, 3.05) is 6.54 Å². The Hall–Kier alpha value is -2.80. The van der Waals surface area contributed by atoms with Gasteiger partial charge in [0, 0.05) is 31.2 Å². The van der Waals surface area contributed by atoms with E-state index in [1.807, 2.05) is 25.1 Å². The van der Waals surface area contributed by atoms with Crippen molar-refractivity contribution in [1.82, 2.24) is 9.80 Å². The molecule has 0 saturated carbocycles. The molecule has 0 radical (unpaired) electrons. The molecular weight excluding hydrogens is 368 g/mol. The summed E-state index contributed by atoms with van der Waals surface area (Å²) in [5.74, 6) is 0.561. The molecule has 2 amide bonds. The van der Waals surface area contributed by atoms with Crippen molar-refractivity contribution in [3.8, 4) is 0 Å². The lowest BCUT2D eigenvalue weighted by Crippen LogP contribution is -2.67. The molecule has 2 fully saturated rings. The van der Waals surface area contributed by atoms with Gasteiger partial charge in [0.05, 0.1) is 6.17 Å². The second kappa shape index (κ2) is 7.22. The number of furan rings is 1. The molecular formula is C22H28N4O3. The molecule has 2 aromatic rings. The van der Waals surface area contributed by atoms with Crippen LogP contribution in [-0.4, -0.2) is 40.0 Å². The molecule has 29 heavy (non-hydrogen) atoms. The highest BCUT2D eigenvalue weighted by atomic mass is 16.3. The third-order valence-corrected chi connectivity index (χ3v) is 6.25. The number of nitrogens with two attached hydrogens (primary N) is 2. The molecule has 3 heterocycles. The van der Waals surface area contributed by atoms with Gasteiger partial charge in [-0.15, -0.1) is 0 Å². The molecule has 1 aromatic carbocycles. The minimum absolute atomic E-state index is 0.0415. The van der Waals surface area contributed by atoms with E-state index in [4.69, 9.17) is 15.9 Å². The van der Waals surface area contributed by atoms with E-state index in [0.29, 0.717) is 25.8 Å². The number of rotatable bonds is 3. The monoisotopic (exact) mass is 396 g/mol. The molecule has 2 saturated heterocycles. The van der Waals surface area contributed by atoms with Gasteiger partial charge in [0.25, 0.3) is 0 Å². The Morgan fingerprint density at radius 2 is 2.10 bits per heavy atom. The van der Waals surface area contributed by atoms with Crippen molar-refractivity contribution in [2.45, 2.75) is 57.3 Å². The smallest absolute Gasteiger partial charge is 0.225 e. The van der Waals surface area contributed by atoms with E-state index in [-0.39, 0.29) is 17.7 Å². The number of benzene rings is 1. The largest absolute Gasteiger partial charge is 0.461 e. The average molecular weight is 396 g/mol. The predicted octanol–water partition coefficient (Wildman–Crippen LogP) is 2.54. The van der Waals surface area contributed by atoms with Crippen LogP contribution in [0.2, 0.25) is 0 Å². The molecule has 4 N–H and O–H groups in total. The maximum absolute atomic E-state index is 13.1. The van der Waals surface area contributed by atoms with Gasteiger partial charge in [-0.05, 0) is 62.2 Å². The second-order valence-corrected chi connectivity index (χ2v) is 8.03. The van der Waals surface area contributed by atoms with Gasteiger partial charge in [0.2, 0.25) is 11.8 Å². The highest BCUT2D eigenvalue weighted by molar-refractivity contribution is 5.82. The summed E-state index contributed by atoms with van der Waals surface area (Å²) in [4.78, 5) is 29.1. The maximum atomic E-state index is 13.1. The molecule has 4 rings (SSSR count). The van der Waals surface area contributed by atoms with Crippen LogP contribution in [0.5, 0.6) is 0 Å². The Bertz CT molecular complexity index is 982. The van der Waals surface area contributed by atoms with Crippen LogP contribution in [0, 0.1) is 6.92 Å². The normalized spacial score (nSPS) is 28.0. The lowest BCUT2D eigenvalue weighted by atomic mass is 9.82. The maximum Gasteiger partial charge on any atom is 0.225 e. The number of amides is 2. The lowest BCUT2D eigenvalue weighted by molar-refractivity contribution is -0.157. The topological polar surface area (TPSA) is 106 Å². The Labute approximate surface area is 170 Å². The van der Waals surface area contributed by atoms with Gasteiger partial charge < -0.3 is 20.8 Å². The number of aryl methyl sites for hydroxylation is 1. The van der Waals surface area contributed by atoms with Gasteiger partial charge >= 0.3 is 0 Å². The van der Waals surface area contributed by atoms with Gasteiger partial charge in [-0.25, -0.2) is 0 Å². The van der Waals surface area contributed by atoms with E-state index in [1.54, 1.807) is 15.9 Å². The van der Waals surface area contributed by atoms with E-state index < -0.39 is 11.8 Å². The quantitative estimate of drug-likeness (QED) is 0.829. The van der Waals surface area contributed by atoms with Crippen LogP contribution in [-0.2, 0) is 9.59 Å². The lowest BCUT2D eigenvalue weighted by Gasteiger charge is -2.51. The summed E-state index contributed by atoms with van der Waals surface area (Å²) in [6.07, 6.45) is 5.34. The second-order valence-electron chi connectivity index (χ2n) is 8.03. The van der Waals surface area contributed by atoms with Crippen LogP contribution < -0.4 is 11.5 Å². The van der Waals surface area contributed by atoms with Crippen LogP contribution in [0.15, 0.2) is 41.0 Å². The van der Waals surface area contributed by atoms with Gasteiger partial charge in [-0.3, -0.25) is 14.5 Å². The average Bonchev–Trinajstić information content (AvgIpc) is 3.21. The minimum atomic E-state index is -1.01. The van der Waals surface area contributed by atoms with Crippen LogP contribution in [0.25, 0.3) is 11.0 Å². The predicted molar refractivity (Wildman–Crippen MR) is 110 cm³/mol. The van der Waals surface area contributed by atoms with E-state index in [9.17, 15) is 9.59 Å². The van der Waals surface area contributed by atoms with E-state index in [2.05, 4.69) is 6.07 Å². The molecule has 3 unspecified atom stereocenters. The van der Waals surface area contributed by atoms with Crippen LogP contribution >= 0.6 is 0 Å². The molecule has 0 spiro atoms. The zero-order valence-corrected chi connectivity index (χ0v) is 16.9. The molecule has 1 aromatic heterocycles. The van der Waals surface area contributed by atoms with E-state index in [0.717, 1.165) is 28.7 Å². The number of likely N-dealkylation sites (tertiary alicyclic amines) is 2. The number of piperidine rings is 1. The van der Waals surface area contributed by atoms with Gasteiger partial charge in [-0.2, -0.15) is 0 Å². The first-order valence-electron chi connectivity index (χ1n) is 10.1. The van der Waals surface area contributed by atoms with Crippen molar-refractivity contribution in [1.29, 1.82) is 0 Å². The summed E-state index contributed by atoms with van der Waals surface area (Å²) in [7, 11) is 0. The number of carbonyl (C=O) groups excluding carboxylic acids is 2. The van der Waals surface area contributed by atoms with E-state index in [1.165, 1.54) is 13.1 Å². The van der Waals surface area contributed by atoms with Crippen LogP contribution in [0.4, 0.5) is 0 Å². The molecule has 2 aliphatic rings. The van der Waals surface area contributed by atoms with Crippen LogP contribution in [0.3, 0.4) is 0 Å². The number of fused-ring (bicyclic) bond motifs is 1. The van der Waals surface area contributed by atoms with Crippen molar-refractivity contribution in [3.63, 3.8) is 0 Å². The summed E-state index contributed by atoms with van der Waals surface area (Å²) in [5, 5.41) is 1.00. The zero-order chi connectivity index (χ0) is 20.8. The fourth-order valence-corrected chi connectivity index (χ4v) is 5.16. The zero-order valence-electron chi connectivity index (χ0n) is 16.9. The van der Waals surface area contributed by atoms with Crippen molar-refractivity contribution >= 4 is 22.8 Å². The Morgan fingerprint density at radius 1 is 1.31 bits per heavy atom. The Morgan fingerprint density at radius 3 is 2.79 bits per heavy atom. The Balaban J connectivity index is 1.90. The number of carbonyl (C=O) groups is 2. The molecule has 0 bridgehead atoms. The van der Waals surface area contributed by atoms with Gasteiger partial charge in [0.15, 0.2) is 0 Å². The summed E-state index contributed by atoms with van der Waals surface area (Å²) >= 11 is 0. The third kappa shape index (κ3) is 3.00. The highest BCUT2D eigenvalue weighted by Crippen LogP contribution is 2.48. The molecule has 2 aliphatic heterocycles. The highest BCUT2D eigenvalue weighted by Gasteiger charge is 2.56. The van der Waals surface area contributed by atoms with Gasteiger partial charge in [-0.1, -0.05) is 6.07 Å². The molecule has 0 aliphatic carbocycles. The number of nitrogens with zero attached hydrogens (tertiary/aromatic N) is 2. The minimum Gasteiger partial charge on any atom is -0.461 e. The summed E-state index contributed by atoms with van der Waals surface area (Å²) < 4.78 is 5.71. The SMILES string of the molecule is CC(=O)N1CCC(c2ccc3oc(C)cc3c2)C1(C=CN)N1C(=O)CCCC1N. The van der Waals surface area contributed by atoms with Crippen molar-refractivity contribution in [3.05, 3.63) is 47.9 Å². The molecule has 7 heteroatoms. The first-order chi connectivity index (χ1) is 13.9. The molecule has 7 nitrogen and oxygen atoms in total. The molecule has 3 atom stereocenters. The standard InChI is InChI=1S/C22H28N4O3/c1-14-12-17-13-16(6-7-19(17)29-14)18-8-11-25(15(2)27)22(18,9-10-23)26-20(24)4-3-5-21(26)28/h6-7,9-10,12-13,18,20H,3-5,8,11,23-24H2,1-2H3. The van der Waals surface area contributed by atoms with Gasteiger partial charge in [0.1, 0.15) is 17.0 Å². The van der Waals surface area contributed by atoms with Crippen LogP contribution in [0.1, 0.15) is 49.8 Å². The fraction of sp³-hybridized carbons (Fsp3) is 0.455. The first-order valence-corrected chi connectivity index (χ1v) is 10.1. The third-order valence-electron chi connectivity index (χ3n) is 6.25. The number of hydrogen-bond acceptors (Lipinski definition) is 5. The van der Waals surface area contributed by atoms with Crippen molar-refractivity contribution < 1.29 is 14.0 Å². The number of hydrogen-bond donors (Lipinski definition) is 2. The van der Waals surface area contributed by atoms with E-state index >= 15 is 0 Å². The summed E-state index contributed by atoms with van der Waals surface area (Å²) in [6, 6.07) is 8.04.